The molecular formula is C21H15F3N2O4. The number of anilines is 1. The molecule has 0 bridgehead atoms. The Morgan fingerprint density at radius 3 is 2.43 bits per heavy atom. The van der Waals surface area contributed by atoms with Crippen LogP contribution >= 0.6 is 0 Å². The van der Waals surface area contributed by atoms with Crippen molar-refractivity contribution in [2.24, 2.45) is 0 Å². The molecular weight excluding hydrogens is 401 g/mol. The summed E-state index contributed by atoms with van der Waals surface area (Å²) in [4.78, 5) is 12.8. The third-order valence-corrected chi connectivity index (χ3v) is 5.31. The Bertz CT molecular complexity index is 1120. The quantitative estimate of drug-likeness (QED) is 0.664. The predicted molar refractivity (Wildman–Crippen MR) is 99.0 cm³/mol. The van der Waals surface area contributed by atoms with Gasteiger partial charge in [0.2, 0.25) is 12.7 Å². The van der Waals surface area contributed by atoms with Crippen molar-refractivity contribution in [3.63, 3.8) is 0 Å². The van der Waals surface area contributed by atoms with Crippen molar-refractivity contribution in [3.05, 3.63) is 59.8 Å². The number of carbonyl (C=O) groups excluding carboxylic acids is 1. The Morgan fingerprint density at radius 1 is 1.00 bits per heavy atom. The lowest BCUT2D eigenvalue weighted by Crippen LogP contribution is -2.28. The average Bonchev–Trinajstić information content (AvgIpc) is 3.16. The second-order valence-electron chi connectivity index (χ2n) is 7.26. The van der Waals surface area contributed by atoms with Crippen LogP contribution in [-0.4, -0.2) is 17.9 Å². The molecule has 2 aromatic carbocycles. The molecule has 2 heterocycles. The highest BCUT2D eigenvalue weighted by Gasteiger charge is 2.54. The van der Waals surface area contributed by atoms with Gasteiger partial charge in [0.15, 0.2) is 17.3 Å². The van der Waals surface area contributed by atoms with Crippen molar-refractivity contribution < 1.29 is 32.0 Å². The van der Waals surface area contributed by atoms with Crippen LogP contribution in [0.3, 0.4) is 0 Å². The Kier molecular flexibility index (Phi) is 4.02. The van der Waals surface area contributed by atoms with Gasteiger partial charge >= 0.3 is 6.18 Å². The molecule has 1 saturated carbocycles. The van der Waals surface area contributed by atoms with Crippen LogP contribution in [0.25, 0.3) is 11.3 Å². The minimum Gasteiger partial charge on any atom is -0.454 e. The van der Waals surface area contributed by atoms with E-state index in [-0.39, 0.29) is 12.7 Å². The zero-order valence-electron chi connectivity index (χ0n) is 15.5. The van der Waals surface area contributed by atoms with Gasteiger partial charge in [-0.2, -0.15) is 13.2 Å². The molecule has 1 N–H and O–H groups in total. The van der Waals surface area contributed by atoms with Gasteiger partial charge in [0.25, 0.3) is 0 Å². The molecule has 154 valence electrons. The number of amides is 1. The lowest BCUT2D eigenvalue weighted by molar-refractivity contribution is -0.137. The normalized spacial score (nSPS) is 16.4. The van der Waals surface area contributed by atoms with Gasteiger partial charge in [-0.25, -0.2) is 0 Å². The van der Waals surface area contributed by atoms with E-state index in [1.165, 1.54) is 12.1 Å². The topological polar surface area (TPSA) is 73.6 Å². The molecule has 1 amide bonds. The maximum Gasteiger partial charge on any atom is 0.416 e. The molecule has 0 unspecified atom stereocenters. The van der Waals surface area contributed by atoms with Crippen LogP contribution in [0.5, 0.6) is 11.5 Å². The number of hydrogen-bond donors (Lipinski definition) is 1. The van der Waals surface area contributed by atoms with Gasteiger partial charge in [-0.05, 0) is 55.3 Å². The van der Waals surface area contributed by atoms with Crippen LogP contribution in [0.1, 0.15) is 24.1 Å². The summed E-state index contributed by atoms with van der Waals surface area (Å²) in [6, 6.07) is 11.4. The molecule has 1 aliphatic carbocycles. The van der Waals surface area contributed by atoms with E-state index >= 15 is 0 Å². The zero-order chi connectivity index (χ0) is 20.9. The molecule has 0 saturated heterocycles. The fourth-order valence-electron chi connectivity index (χ4n) is 3.40. The molecule has 9 heteroatoms. The number of ether oxygens (including phenoxy) is 2. The van der Waals surface area contributed by atoms with Crippen molar-refractivity contribution in [2.75, 3.05) is 12.1 Å². The fourth-order valence-corrected chi connectivity index (χ4v) is 3.40. The Morgan fingerprint density at radius 2 is 1.73 bits per heavy atom. The molecule has 2 aliphatic rings. The van der Waals surface area contributed by atoms with E-state index in [0.717, 1.165) is 17.7 Å². The molecule has 1 fully saturated rings. The van der Waals surface area contributed by atoms with E-state index < -0.39 is 17.2 Å². The summed E-state index contributed by atoms with van der Waals surface area (Å²) in [6.07, 6.45) is -3.27. The summed E-state index contributed by atoms with van der Waals surface area (Å²) in [6.45, 7) is 0.160. The lowest BCUT2D eigenvalue weighted by Gasteiger charge is -2.13. The number of hydrogen-bond acceptors (Lipinski definition) is 5. The van der Waals surface area contributed by atoms with Crippen molar-refractivity contribution in [1.82, 2.24) is 5.16 Å². The number of alkyl halides is 3. The van der Waals surface area contributed by atoms with E-state index in [0.29, 0.717) is 41.5 Å². The molecule has 6 nitrogen and oxygen atoms in total. The molecule has 0 spiro atoms. The monoisotopic (exact) mass is 416 g/mol. The van der Waals surface area contributed by atoms with Crippen LogP contribution in [-0.2, 0) is 16.4 Å². The number of nitrogens with zero attached hydrogens (tertiary/aromatic N) is 1. The maximum absolute atomic E-state index is 12.8. The second kappa shape index (κ2) is 6.51. The van der Waals surface area contributed by atoms with Gasteiger partial charge in [-0.15, -0.1) is 0 Å². The third-order valence-electron chi connectivity index (χ3n) is 5.31. The number of carbonyl (C=O) groups is 1. The highest BCUT2D eigenvalue weighted by molar-refractivity contribution is 6.01. The van der Waals surface area contributed by atoms with Crippen LogP contribution < -0.4 is 14.8 Å². The van der Waals surface area contributed by atoms with E-state index in [1.54, 1.807) is 24.3 Å². The van der Waals surface area contributed by atoms with Gasteiger partial charge in [-0.3, -0.25) is 4.79 Å². The van der Waals surface area contributed by atoms with Crippen LogP contribution in [0.4, 0.5) is 18.9 Å². The maximum atomic E-state index is 12.8. The summed E-state index contributed by atoms with van der Waals surface area (Å²) in [5, 5.41) is 6.75. The molecule has 0 atom stereocenters. The first-order valence-corrected chi connectivity index (χ1v) is 9.21. The predicted octanol–water partition coefficient (Wildman–Crippen LogP) is 4.76. The minimum atomic E-state index is -4.42. The first-order valence-electron chi connectivity index (χ1n) is 9.21. The number of halogens is 3. The summed E-state index contributed by atoms with van der Waals surface area (Å²) >= 11 is 0. The summed E-state index contributed by atoms with van der Waals surface area (Å²) in [5.41, 5.74) is -0.109. The first-order chi connectivity index (χ1) is 14.3. The Hall–Kier alpha value is -3.49. The highest BCUT2D eigenvalue weighted by atomic mass is 19.4. The van der Waals surface area contributed by atoms with Crippen LogP contribution in [0, 0.1) is 0 Å². The standard InChI is InChI=1S/C21H15F3N2O4/c22-21(23,24)13-2-4-14(5-3-13)25-19(27)20(7-8-20)18-10-16(30-26-18)12-1-6-15-17(9-12)29-11-28-15/h1-6,9-10H,7-8,11H2,(H,25,27). The Balaban J connectivity index is 1.34. The molecule has 1 aliphatic heterocycles. The van der Waals surface area contributed by atoms with Crippen molar-refractivity contribution in [1.29, 1.82) is 0 Å². The fraction of sp³-hybridized carbons (Fsp3) is 0.238. The van der Waals surface area contributed by atoms with E-state index in [2.05, 4.69) is 10.5 Å². The number of fused-ring (bicyclic) bond motifs is 1. The number of benzene rings is 2. The largest absolute Gasteiger partial charge is 0.454 e. The van der Waals surface area contributed by atoms with Gasteiger partial charge in [0.1, 0.15) is 0 Å². The molecule has 5 rings (SSSR count). The van der Waals surface area contributed by atoms with Crippen LogP contribution in [0.2, 0.25) is 0 Å². The van der Waals surface area contributed by atoms with Gasteiger partial charge < -0.3 is 19.3 Å². The van der Waals surface area contributed by atoms with Gasteiger partial charge in [-0.1, -0.05) is 5.16 Å². The number of aromatic nitrogens is 1. The zero-order valence-corrected chi connectivity index (χ0v) is 15.5. The summed E-state index contributed by atoms with van der Waals surface area (Å²) in [5.74, 6) is 1.41. The smallest absolute Gasteiger partial charge is 0.416 e. The lowest BCUT2D eigenvalue weighted by atomic mass is 10.00. The average molecular weight is 416 g/mol. The summed E-state index contributed by atoms with van der Waals surface area (Å²) < 4.78 is 54.2. The second-order valence-corrected chi connectivity index (χ2v) is 7.26. The molecule has 0 radical (unpaired) electrons. The van der Waals surface area contributed by atoms with Crippen molar-refractivity contribution in [2.45, 2.75) is 24.4 Å². The Labute approximate surface area is 168 Å². The van der Waals surface area contributed by atoms with Gasteiger partial charge in [0.05, 0.1) is 16.7 Å². The molecule has 30 heavy (non-hydrogen) atoms. The van der Waals surface area contributed by atoms with Crippen molar-refractivity contribution >= 4 is 11.6 Å². The SMILES string of the molecule is O=C(Nc1ccc(C(F)(F)F)cc1)C1(c2cc(-c3ccc4c(c3)OCO4)on2)CC1. The van der Waals surface area contributed by atoms with E-state index in [9.17, 15) is 18.0 Å². The molecule has 1 aromatic heterocycles. The number of nitrogens with one attached hydrogen (secondary N) is 1. The van der Waals surface area contributed by atoms with Crippen LogP contribution in [0.15, 0.2) is 53.1 Å². The third kappa shape index (κ3) is 3.16. The highest BCUT2D eigenvalue weighted by Crippen LogP contribution is 2.49. The van der Waals surface area contributed by atoms with E-state index in [4.69, 9.17) is 14.0 Å². The summed E-state index contributed by atoms with van der Waals surface area (Å²) in [7, 11) is 0. The first kappa shape index (κ1) is 18.5. The minimum absolute atomic E-state index is 0.160. The number of rotatable bonds is 4. The van der Waals surface area contributed by atoms with E-state index in [1.807, 2.05) is 0 Å². The van der Waals surface area contributed by atoms with Gasteiger partial charge in [0, 0.05) is 17.3 Å². The molecule has 3 aromatic rings. The van der Waals surface area contributed by atoms with Crippen molar-refractivity contribution in [3.8, 4) is 22.8 Å².